The van der Waals surface area contributed by atoms with Gasteiger partial charge in [-0.05, 0) is 42.8 Å². The van der Waals surface area contributed by atoms with Gasteiger partial charge < -0.3 is 15.7 Å². The van der Waals surface area contributed by atoms with Crippen LogP contribution in [-0.4, -0.2) is 28.6 Å². The Labute approximate surface area is 229 Å². The van der Waals surface area contributed by atoms with Crippen molar-refractivity contribution < 1.29 is 19.5 Å². The highest BCUT2D eigenvalue weighted by Gasteiger charge is 2.29. The Balaban J connectivity index is 1.73. The number of halogens is 5. The zero-order valence-electron chi connectivity index (χ0n) is 17.7. The van der Waals surface area contributed by atoms with Gasteiger partial charge in [0.05, 0.1) is 37.0 Å². The van der Waals surface area contributed by atoms with Crippen molar-refractivity contribution in [3.05, 3.63) is 84.3 Å². The minimum absolute atomic E-state index is 0.0975. The number of carbonyl (C=O) groups excluding carboxylic acids is 2. The average Bonchev–Trinajstić information content (AvgIpc) is 2.80. The van der Waals surface area contributed by atoms with Crippen molar-refractivity contribution in [2.45, 2.75) is 11.8 Å². The summed E-state index contributed by atoms with van der Waals surface area (Å²) < 4.78 is 0. The first-order valence-corrected chi connectivity index (χ1v) is 12.6. The number of thioether (sulfide) groups is 1. The average molecular weight is 593 g/mol. The molecule has 0 aliphatic carbocycles. The summed E-state index contributed by atoms with van der Waals surface area (Å²) in [5, 5.41) is 14.2. The van der Waals surface area contributed by atoms with Gasteiger partial charge in [0.1, 0.15) is 0 Å². The quantitative estimate of drug-likeness (QED) is 0.147. The molecule has 35 heavy (non-hydrogen) atoms. The molecule has 0 aliphatic heterocycles. The van der Waals surface area contributed by atoms with E-state index in [0.29, 0.717) is 21.3 Å². The molecule has 0 aliphatic rings. The number of rotatable bonds is 7. The van der Waals surface area contributed by atoms with Gasteiger partial charge in [-0.25, -0.2) is 4.79 Å². The summed E-state index contributed by atoms with van der Waals surface area (Å²) in [6.07, 6.45) is 0. The van der Waals surface area contributed by atoms with Crippen molar-refractivity contribution in [2.75, 3.05) is 16.4 Å². The zero-order valence-corrected chi connectivity index (χ0v) is 22.3. The van der Waals surface area contributed by atoms with Crippen molar-refractivity contribution in [1.82, 2.24) is 0 Å². The number of anilines is 2. The van der Waals surface area contributed by atoms with Crippen LogP contribution in [-0.2, 0) is 4.79 Å². The van der Waals surface area contributed by atoms with Gasteiger partial charge >= 0.3 is 5.97 Å². The number of hydrogen-bond acceptors (Lipinski definition) is 4. The van der Waals surface area contributed by atoms with Gasteiger partial charge in [-0.1, -0.05) is 70.1 Å². The van der Waals surface area contributed by atoms with Crippen molar-refractivity contribution in [1.29, 1.82) is 0 Å². The molecule has 0 bridgehead atoms. The Morgan fingerprint density at radius 2 is 1.46 bits per heavy atom. The van der Waals surface area contributed by atoms with Crippen LogP contribution in [0.15, 0.2) is 47.4 Å². The second-order valence-corrected chi connectivity index (χ2v) is 10.1. The number of aromatic carboxylic acids is 1. The fourth-order valence-electron chi connectivity index (χ4n) is 2.92. The lowest BCUT2D eigenvalue weighted by atomic mass is 10.1. The summed E-state index contributed by atoms with van der Waals surface area (Å²) in [6, 6.07) is 11.8. The predicted molar refractivity (Wildman–Crippen MR) is 143 cm³/mol. The SMILES string of the molecule is Cc1ccc(NC(=O)CSc2cccc(NC(=O)c3c(Cl)c(Cl)c(Cl)c(Cl)c3C(=O)O)c2)cc1Cl. The molecule has 0 radical (unpaired) electrons. The van der Waals surface area contributed by atoms with Gasteiger partial charge in [-0.3, -0.25) is 9.59 Å². The van der Waals surface area contributed by atoms with E-state index in [1.807, 2.05) is 6.92 Å². The monoisotopic (exact) mass is 590 g/mol. The van der Waals surface area contributed by atoms with E-state index >= 15 is 0 Å². The summed E-state index contributed by atoms with van der Waals surface area (Å²) in [6.45, 7) is 1.86. The molecule has 0 saturated heterocycles. The molecule has 0 saturated carbocycles. The van der Waals surface area contributed by atoms with Crippen LogP contribution in [0.3, 0.4) is 0 Å². The lowest BCUT2D eigenvalue weighted by Gasteiger charge is -2.14. The second-order valence-electron chi connectivity index (χ2n) is 7.09. The molecule has 3 N–H and O–H groups in total. The van der Waals surface area contributed by atoms with Crippen LogP contribution in [0, 0.1) is 6.92 Å². The van der Waals surface area contributed by atoms with Gasteiger partial charge in [-0.2, -0.15) is 0 Å². The van der Waals surface area contributed by atoms with Gasteiger partial charge in [0.2, 0.25) is 5.91 Å². The first-order valence-electron chi connectivity index (χ1n) is 9.69. The number of amides is 2. The molecule has 0 heterocycles. The minimum atomic E-state index is -1.49. The van der Waals surface area contributed by atoms with E-state index in [9.17, 15) is 19.5 Å². The van der Waals surface area contributed by atoms with Crippen LogP contribution in [0.25, 0.3) is 0 Å². The maximum Gasteiger partial charge on any atom is 0.338 e. The Kier molecular flexibility index (Phi) is 9.21. The third-order valence-corrected chi connectivity index (χ3v) is 7.83. The molecule has 6 nitrogen and oxygen atoms in total. The highest BCUT2D eigenvalue weighted by Crippen LogP contribution is 2.42. The molecule has 0 unspecified atom stereocenters. The normalized spacial score (nSPS) is 10.7. The van der Waals surface area contributed by atoms with Crippen molar-refractivity contribution >= 4 is 98.9 Å². The summed E-state index contributed by atoms with van der Waals surface area (Å²) in [4.78, 5) is 37.6. The van der Waals surface area contributed by atoms with Gasteiger partial charge in [-0.15, -0.1) is 11.8 Å². The Morgan fingerprint density at radius 1 is 0.829 bits per heavy atom. The third kappa shape index (κ3) is 6.55. The maximum absolute atomic E-state index is 12.9. The minimum Gasteiger partial charge on any atom is -0.478 e. The molecule has 0 aromatic heterocycles. The molecule has 3 rings (SSSR count). The van der Waals surface area contributed by atoms with Crippen molar-refractivity contribution in [3.63, 3.8) is 0 Å². The van der Waals surface area contributed by atoms with Crippen LogP contribution in [0.4, 0.5) is 11.4 Å². The Hall–Kier alpha value is -2.13. The van der Waals surface area contributed by atoms with Crippen molar-refractivity contribution in [2.24, 2.45) is 0 Å². The summed E-state index contributed by atoms with van der Waals surface area (Å²) in [5.74, 6) is -2.48. The fourth-order valence-corrected chi connectivity index (χ4v) is 4.87. The molecule has 2 amide bonds. The van der Waals surface area contributed by atoms with E-state index in [1.54, 1.807) is 42.5 Å². The number of hydrogen-bond donors (Lipinski definition) is 3. The maximum atomic E-state index is 12.9. The van der Waals surface area contributed by atoms with E-state index in [0.717, 1.165) is 5.56 Å². The van der Waals surface area contributed by atoms with E-state index in [-0.39, 0.29) is 26.7 Å². The standard InChI is InChI=1S/C23H15Cl5N2O4S/c1-10-5-6-12(8-14(10)24)29-15(31)9-35-13-4-2-3-11(7-13)30-22(32)16-17(23(33)34)19(26)21(28)20(27)18(16)25/h2-8H,9H2,1H3,(H,29,31)(H,30,32)(H,33,34). The zero-order chi connectivity index (χ0) is 25.9. The van der Waals surface area contributed by atoms with Crippen LogP contribution < -0.4 is 10.6 Å². The highest BCUT2D eigenvalue weighted by atomic mass is 35.5. The largest absolute Gasteiger partial charge is 0.478 e. The number of carboxylic acid groups (broad SMARTS) is 1. The molecular formula is C23H15Cl5N2O4S. The molecular weight excluding hydrogens is 578 g/mol. The van der Waals surface area contributed by atoms with E-state index in [4.69, 9.17) is 58.0 Å². The molecule has 182 valence electrons. The Bertz CT molecular complexity index is 1350. The van der Waals surface area contributed by atoms with Crippen LogP contribution in [0.2, 0.25) is 25.1 Å². The topological polar surface area (TPSA) is 95.5 Å². The number of aryl methyl sites for hydroxylation is 1. The first kappa shape index (κ1) is 27.5. The summed E-state index contributed by atoms with van der Waals surface area (Å²) in [7, 11) is 0. The van der Waals surface area contributed by atoms with Gasteiger partial charge in [0.25, 0.3) is 5.91 Å². The van der Waals surface area contributed by atoms with Gasteiger partial charge in [0, 0.05) is 21.3 Å². The number of carbonyl (C=O) groups is 3. The lowest BCUT2D eigenvalue weighted by Crippen LogP contribution is -2.18. The lowest BCUT2D eigenvalue weighted by molar-refractivity contribution is -0.113. The molecule has 0 spiro atoms. The van der Waals surface area contributed by atoms with E-state index in [2.05, 4.69) is 10.6 Å². The number of nitrogens with one attached hydrogen (secondary N) is 2. The summed E-state index contributed by atoms with van der Waals surface area (Å²) in [5.41, 5.74) is 0.825. The fraction of sp³-hybridized carbons (Fsp3) is 0.0870. The molecule has 0 fully saturated rings. The van der Waals surface area contributed by atoms with Crippen LogP contribution in [0.1, 0.15) is 26.3 Å². The number of carboxylic acids is 1. The predicted octanol–water partition coefficient (Wildman–Crippen LogP) is 7.94. The van der Waals surface area contributed by atoms with E-state index in [1.165, 1.54) is 11.8 Å². The van der Waals surface area contributed by atoms with Gasteiger partial charge in [0.15, 0.2) is 0 Å². The van der Waals surface area contributed by atoms with Crippen LogP contribution in [0.5, 0.6) is 0 Å². The smallest absolute Gasteiger partial charge is 0.338 e. The number of benzene rings is 3. The summed E-state index contributed by atoms with van der Waals surface area (Å²) >= 11 is 31.4. The molecule has 12 heteroatoms. The van der Waals surface area contributed by atoms with Crippen LogP contribution >= 0.6 is 69.8 Å². The third-order valence-electron chi connectivity index (χ3n) is 4.63. The molecule has 0 atom stereocenters. The molecule has 3 aromatic carbocycles. The second kappa shape index (κ2) is 11.7. The van der Waals surface area contributed by atoms with Crippen molar-refractivity contribution in [3.8, 4) is 0 Å². The molecule has 3 aromatic rings. The highest BCUT2D eigenvalue weighted by molar-refractivity contribution is 8.00. The Morgan fingerprint density at radius 3 is 2.09 bits per heavy atom. The van der Waals surface area contributed by atoms with E-state index < -0.39 is 28.0 Å². The first-order chi connectivity index (χ1) is 16.5.